The van der Waals surface area contributed by atoms with E-state index in [1.807, 2.05) is 0 Å². The number of carbonyl (C=O) groups is 1. The van der Waals surface area contributed by atoms with Crippen LogP contribution in [-0.4, -0.2) is 38.5 Å². The van der Waals surface area contributed by atoms with Gasteiger partial charge >= 0.3 is 0 Å². The van der Waals surface area contributed by atoms with Crippen molar-refractivity contribution in [3.8, 4) is 0 Å². The molecule has 0 aromatic carbocycles. The van der Waals surface area contributed by atoms with Crippen molar-refractivity contribution in [2.45, 2.75) is 13.8 Å². The van der Waals surface area contributed by atoms with Gasteiger partial charge in [-0.05, 0) is 18.1 Å². The molecule has 1 amide bonds. The molecule has 3 N–H and O–H groups in total. The molecule has 106 valence electrons. The molecule has 0 bridgehead atoms. The highest BCUT2D eigenvalue weighted by Crippen LogP contribution is 1.98. The van der Waals surface area contributed by atoms with Gasteiger partial charge in [-0.3, -0.25) is 9.79 Å². The molecule has 0 radical (unpaired) electrons. The zero-order chi connectivity index (χ0) is 14.1. The van der Waals surface area contributed by atoms with Gasteiger partial charge in [-0.15, -0.1) is 0 Å². The molecule has 0 fully saturated rings. The Hall–Kier alpha value is -1.98. The first-order valence-electron chi connectivity index (χ1n) is 6.39. The van der Waals surface area contributed by atoms with E-state index in [1.54, 1.807) is 19.2 Å². The van der Waals surface area contributed by atoms with Gasteiger partial charge in [0.25, 0.3) is 5.91 Å². The Bertz CT molecular complexity index is 399. The van der Waals surface area contributed by atoms with Gasteiger partial charge in [0.2, 0.25) is 0 Å². The van der Waals surface area contributed by atoms with E-state index in [0.29, 0.717) is 24.8 Å². The molecule has 6 heteroatoms. The van der Waals surface area contributed by atoms with E-state index in [1.165, 1.54) is 6.26 Å². The molecule has 6 nitrogen and oxygen atoms in total. The molecule has 0 atom stereocenters. The van der Waals surface area contributed by atoms with Crippen molar-refractivity contribution in [2.24, 2.45) is 10.9 Å². The lowest BCUT2D eigenvalue weighted by molar-refractivity contribution is 0.0926. The van der Waals surface area contributed by atoms with Gasteiger partial charge < -0.3 is 20.4 Å². The lowest BCUT2D eigenvalue weighted by atomic mass is 10.2. The van der Waals surface area contributed by atoms with Crippen LogP contribution in [0.4, 0.5) is 0 Å². The number of furan rings is 1. The molecule has 0 saturated heterocycles. The third-order valence-corrected chi connectivity index (χ3v) is 2.35. The average molecular weight is 266 g/mol. The summed E-state index contributed by atoms with van der Waals surface area (Å²) in [5.41, 5.74) is 0. The summed E-state index contributed by atoms with van der Waals surface area (Å²) in [6, 6.07) is 3.32. The molecule has 1 aromatic heterocycles. The number of rotatable bonds is 6. The third kappa shape index (κ3) is 5.94. The highest BCUT2D eigenvalue weighted by molar-refractivity contribution is 5.91. The van der Waals surface area contributed by atoms with E-state index < -0.39 is 0 Å². The average Bonchev–Trinajstić information content (AvgIpc) is 2.91. The van der Waals surface area contributed by atoms with Gasteiger partial charge in [0.05, 0.1) is 6.26 Å². The molecule has 1 rings (SSSR count). The molecule has 0 aliphatic rings. The van der Waals surface area contributed by atoms with Crippen molar-refractivity contribution in [1.82, 2.24) is 16.0 Å². The number of nitrogens with one attached hydrogen (secondary N) is 3. The topological polar surface area (TPSA) is 78.7 Å². The van der Waals surface area contributed by atoms with Crippen LogP contribution in [0, 0.1) is 5.92 Å². The fourth-order valence-corrected chi connectivity index (χ4v) is 1.37. The van der Waals surface area contributed by atoms with Crippen LogP contribution < -0.4 is 16.0 Å². The van der Waals surface area contributed by atoms with E-state index in [2.05, 4.69) is 34.8 Å². The Kier molecular flexibility index (Phi) is 6.49. The summed E-state index contributed by atoms with van der Waals surface area (Å²) >= 11 is 0. The number of carbonyl (C=O) groups excluding carboxylic acids is 1. The van der Waals surface area contributed by atoms with Crippen LogP contribution in [0.1, 0.15) is 24.4 Å². The highest BCUT2D eigenvalue weighted by atomic mass is 16.3. The van der Waals surface area contributed by atoms with Crippen LogP contribution >= 0.6 is 0 Å². The molecule has 0 unspecified atom stereocenters. The quantitative estimate of drug-likeness (QED) is 0.405. The molecule has 19 heavy (non-hydrogen) atoms. The van der Waals surface area contributed by atoms with Gasteiger partial charge in [-0.1, -0.05) is 13.8 Å². The maximum atomic E-state index is 11.6. The Morgan fingerprint density at radius 1 is 1.32 bits per heavy atom. The smallest absolute Gasteiger partial charge is 0.287 e. The molecular formula is C13H22N4O2. The number of hydrogen-bond acceptors (Lipinski definition) is 3. The van der Waals surface area contributed by atoms with E-state index in [-0.39, 0.29) is 5.91 Å². The van der Waals surface area contributed by atoms with Gasteiger partial charge in [0, 0.05) is 26.7 Å². The number of hydrogen-bond donors (Lipinski definition) is 3. The molecule has 0 saturated carbocycles. The molecule has 1 heterocycles. The van der Waals surface area contributed by atoms with Crippen LogP contribution in [0.25, 0.3) is 0 Å². The van der Waals surface area contributed by atoms with Crippen LogP contribution in [0.5, 0.6) is 0 Å². The fraction of sp³-hybridized carbons (Fsp3) is 0.538. The summed E-state index contributed by atoms with van der Waals surface area (Å²) in [6.07, 6.45) is 1.48. The number of aliphatic imine (C=N–C) groups is 1. The first-order valence-corrected chi connectivity index (χ1v) is 6.39. The number of guanidine groups is 1. The Morgan fingerprint density at radius 3 is 2.63 bits per heavy atom. The Morgan fingerprint density at radius 2 is 2.05 bits per heavy atom. The van der Waals surface area contributed by atoms with Crippen molar-refractivity contribution in [2.75, 3.05) is 26.7 Å². The summed E-state index contributed by atoms with van der Waals surface area (Å²) in [5, 5.41) is 9.06. The SMILES string of the molecule is CN=C(NCCNC(=O)c1ccco1)NCC(C)C. The second-order valence-corrected chi connectivity index (χ2v) is 4.51. The van der Waals surface area contributed by atoms with E-state index in [0.717, 1.165) is 12.5 Å². The van der Waals surface area contributed by atoms with Crippen LogP contribution in [0.3, 0.4) is 0 Å². The zero-order valence-electron chi connectivity index (χ0n) is 11.7. The maximum Gasteiger partial charge on any atom is 0.287 e. The van der Waals surface area contributed by atoms with Crippen molar-refractivity contribution in [1.29, 1.82) is 0 Å². The first-order chi connectivity index (χ1) is 9.13. The summed E-state index contributed by atoms with van der Waals surface area (Å²) in [5.74, 6) is 1.40. The normalized spacial score (nSPS) is 11.5. The number of amides is 1. The largest absolute Gasteiger partial charge is 0.459 e. The van der Waals surface area contributed by atoms with Gasteiger partial charge in [-0.2, -0.15) is 0 Å². The summed E-state index contributed by atoms with van der Waals surface area (Å²) in [7, 11) is 1.72. The summed E-state index contributed by atoms with van der Waals surface area (Å²) in [4.78, 5) is 15.6. The van der Waals surface area contributed by atoms with Gasteiger partial charge in [0.1, 0.15) is 0 Å². The van der Waals surface area contributed by atoms with Gasteiger partial charge in [0.15, 0.2) is 11.7 Å². The molecular weight excluding hydrogens is 244 g/mol. The highest BCUT2D eigenvalue weighted by Gasteiger charge is 2.06. The van der Waals surface area contributed by atoms with E-state index in [4.69, 9.17) is 4.42 Å². The standard InChI is InChI=1S/C13H22N4O2/c1-10(2)9-17-13(14-3)16-7-6-15-12(18)11-5-4-8-19-11/h4-5,8,10H,6-7,9H2,1-3H3,(H,15,18)(H2,14,16,17). The van der Waals surface area contributed by atoms with E-state index in [9.17, 15) is 4.79 Å². The Balaban J connectivity index is 2.17. The lowest BCUT2D eigenvalue weighted by Gasteiger charge is -2.13. The minimum atomic E-state index is -0.211. The predicted molar refractivity (Wildman–Crippen MR) is 75.2 cm³/mol. The molecule has 0 spiro atoms. The first kappa shape index (κ1) is 15.1. The van der Waals surface area contributed by atoms with Crippen LogP contribution in [-0.2, 0) is 0 Å². The predicted octanol–water partition coefficient (Wildman–Crippen LogP) is 0.830. The van der Waals surface area contributed by atoms with Crippen molar-refractivity contribution < 1.29 is 9.21 Å². The van der Waals surface area contributed by atoms with E-state index >= 15 is 0 Å². The third-order valence-electron chi connectivity index (χ3n) is 2.35. The minimum absolute atomic E-state index is 0.211. The van der Waals surface area contributed by atoms with Crippen LogP contribution in [0.2, 0.25) is 0 Å². The van der Waals surface area contributed by atoms with Gasteiger partial charge in [-0.25, -0.2) is 0 Å². The second kappa shape index (κ2) is 8.18. The Labute approximate surface area is 113 Å². The summed E-state index contributed by atoms with van der Waals surface area (Å²) in [6.45, 7) is 6.22. The second-order valence-electron chi connectivity index (χ2n) is 4.51. The number of nitrogens with zero attached hydrogens (tertiary/aromatic N) is 1. The van der Waals surface area contributed by atoms with Crippen LogP contribution in [0.15, 0.2) is 27.8 Å². The van der Waals surface area contributed by atoms with Crippen molar-refractivity contribution >= 4 is 11.9 Å². The molecule has 1 aromatic rings. The monoisotopic (exact) mass is 266 g/mol. The molecule has 0 aliphatic carbocycles. The lowest BCUT2D eigenvalue weighted by Crippen LogP contribution is -2.42. The summed E-state index contributed by atoms with van der Waals surface area (Å²) < 4.78 is 4.99. The maximum absolute atomic E-state index is 11.6. The van der Waals surface area contributed by atoms with Crippen molar-refractivity contribution in [3.63, 3.8) is 0 Å². The zero-order valence-corrected chi connectivity index (χ0v) is 11.7. The fourth-order valence-electron chi connectivity index (χ4n) is 1.37. The van der Waals surface area contributed by atoms with Crippen molar-refractivity contribution in [3.05, 3.63) is 24.2 Å². The minimum Gasteiger partial charge on any atom is -0.459 e. The molecule has 0 aliphatic heterocycles.